The number of nitrogens with zero attached hydrogens (tertiary/aromatic N) is 3. The lowest BCUT2D eigenvalue weighted by Gasteiger charge is -2.73. The van der Waals surface area contributed by atoms with Crippen molar-refractivity contribution in [1.29, 1.82) is 0 Å². The van der Waals surface area contributed by atoms with E-state index in [2.05, 4.69) is 80.8 Å². The Morgan fingerprint density at radius 2 is 1.46 bits per heavy atom. The quantitative estimate of drug-likeness (QED) is 0.165. The van der Waals surface area contributed by atoms with E-state index in [0.29, 0.717) is 41.9 Å². The van der Waals surface area contributed by atoms with Gasteiger partial charge in [-0.2, -0.15) is 0 Å². The number of esters is 2. The summed E-state index contributed by atoms with van der Waals surface area (Å²) in [5.74, 6) is 1.79. The molecule has 3 heterocycles. The third kappa shape index (κ3) is 7.46. The second kappa shape index (κ2) is 17.2. The van der Waals surface area contributed by atoms with Crippen LogP contribution in [0.25, 0.3) is 0 Å². The van der Waals surface area contributed by atoms with E-state index >= 15 is 4.79 Å². The zero-order valence-electron chi connectivity index (χ0n) is 42.8. The number of rotatable bonds is 11. The van der Waals surface area contributed by atoms with Gasteiger partial charge in [0.15, 0.2) is 0 Å². The van der Waals surface area contributed by atoms with Crippen molar-refractivity contribution in [2.45, 2.75) is 184 Å². The maximum Gasteiger partial charge on any atom is 0.309 e. The number of aromatic nitrogens is 1. The number of carbonyl (C=O) groups excluding carboxylic acids is 3. The van der Waals surface area contributed by atoms with Crippen molar-refractivity contribution >= 4 is 17.8 Å². The van der Waals surface area contributed by atoms with Crippen LogP contribution < -0.4 is 0 Å². The minimum absolute atomic E-state index is 0.136. The van der Waals surface area contributed by atoms with Gasteiger partial charge in [0.2, 0.25) is 5.91 Å². The molecule has 2 aromatic rings. The minimum atomic E-state index is -0.514. The molecule has 8 nitrogen and oxygen atoms in total. The van der Waals surface area contributed by atoms with Crippen molar-refractivity contribution in [1.82, 2.24) is 14.4 Å². The number of fused-ring (bicyclic) bond motifs is 7. The van der Waals surface area contributed by atoms with E-state index in [1.54, 1.807) is 0 Å². The molecular formula is C59H85N3O5. The molecule has 13 atom stereocenters. The molecule has 0 radical (unpaired) electrons. The van der Waals surface area contributed by atoms with E-state index in [-0.39, 0.29) is 69.6 Å². The molecule has 10 rings (SSSR count). The Kier molecular flexibility index (Phi) is 12.1. The van der Waals surface area contributed by atoms with Gasteiger partial charge in [-0.25, -0.2) is 0 Å². The highest BCUT2D eigenvalue weighted by atomic mass is 16.5. The first-order valence-corrected chi connectivity index (χ1v) is 27.1. The van der Waals surface area contributed by atoms with E-state index < -0.39 is 5.41 Å². The minimum Gasteiger partial charge on any atom is -0.462 e. The Hall–Kier alpha value is -3.39. The fraction of sp³-hybridized carbons (Fsp3) is 0.746. The Morgan fingerprint density at radius 1 is 0.716 bits per heavy atom. The molecule has 6 saturated carbocycles. The topological polar surface area (TPSA) is 81.1 Å². The van der Waals surface area contributed by atoms with Crippen molar-refractivity contribution in [2.75, 3.05) is 19.6 Å². The van der Waals surface area contributed by atoms with Gasteiger partial charge < -0.3 is 18.9 Å². The fourth-order valence-corrected chi connectivity index (χ4v) is 18.2. The molecule has 0 unspecified atom stereocenters. The van der Waals surface area contributed by atoms with Gasteiger partial charge in [-0.05, 0) is 185 Å². The van der Waals surface area contributed by atoms with E-state index in [4.69, 9.17) is 9.47 Å². The molecule has 1 aromatic heterocycles. The summed E-state index contributed by atoms with van der Waals surface area (Å²) in [4.78, 5) is 48.0. The summed E-state index contributed by atoms with van der Waals surface area (Å²) >= 11 is 0. The maximum absolute atomic E-state index is 15.7. The molecule has 6 aliphatic carbocycles. The smallest absolute Gasteiger partial charge is 0.309 e. The summed E-state index contributed by atoms with van der Waals surface area (Å²) in [6, 6.07) is 14.6. The van der Waals surface area contributed by atoms with Crippen LogP contribution >= 0.6 is 0 Å². The third-order valence-corrected chi connectivity index (χ3v) is 22.3. The molecule has 8 fully saturated rings. The molecule has 8 aliphatic rings. The van der Waals surface area contributed by atoms with Crippen LogP contribution in [0.4, 0.5) is 0 Å². The van der Waals surface area contributed by atoms with Crippen LogP contribution in [-0.2, 0) is 43.6 Å². The normalized spacial score (nSPS) is 40.7. The van der Waals surface area contributed by atoms with Crippen LogP contribution in [0.15, 0.2) is 60.8 Å². The predicted octanol–water partition coefficient (Wildman–Crippen LogP) is 12.0. The van der Waals surface area contributed by atoms with Gasteiger partial charge in [0.05, 0.1) is 17.3 Å². The van der Waals surface area contributed by atoms with E-state index in [1.165, 1.54) is 56.5 Å². The number of amides is 1. The zero-order chi connectivity index (χ0) is 47.3. The SMILES string of the molecule is C=C(C)[C@@H]1CC[C@]2(C(=O)N3CCC[C@H]3Cn3cccc3CN3CCCC3)CC[C@]3(C)[C@H](CC[C@@H]4[C@@]5(C)CC[C@H](OC(=O)[C@H]6C[C@@H](C(=O)OCc7ccccc7)C6(C)C)C(C)(C)[C@@H]5CC[C@]43C)[C@@H]12. The summed E-state index contributed by atoms with van der Waals surface area (Å²) < 4.78 is 14.9. The fourth-order valence-electron chi connectivity index (χ4n) is 18.2. The van der Waals surface area contributed by atoms with E-state index in [0.717, 1.165) is 83.0 Å². The molecule has 0 bridgehead atoms. The van der Waals surface area contributed by atoms with Crippen LogP contribution in [0, 0.1) is 73.9 Å². The summed E-state index contributed by atoms with van der Waals surface area (Å²) in [5, 5.41) is 0. The van der Waals surface area contributed by atoms with Crippen molar-refractivity contribution < 1.29 is 23.9 Å². The summed E-state index contributed by atoms with van der Waals surface area (Å²) in [6.07, 6.45) is 18.4. The van der Waals surface area contributed by atoms with Crippen molar-refractivity contribution in [3.8, 4) is 0 Å². The number of benzene rings is 1. The first-order valence-electron chi connectivity index (χ1n) is 27.1. The van der Waals surface area contributed by atoms with Crippen LogP contribution in [0.2, 0.25) is 0 Å². The lowest BCUT2D eigenvalue weighted by atomic mass is 9.32. The van der Waals surface area contributed by atoms with E-state index in [1.807, 2.05) is 44.2 Å². The molecule has 0 spiro atoms. The summed E-state index contributed by atoms with van der Waals surface area (Å²) in [5.41, 5.74) is 3.11. The van der Waals surface area contributed by atoms with Gasteiger partial charge in [-0.3, -0.25) is 19.3 Å². The van der Waals surface area contributed by atoms with Gasteiger partial charge in [0.1, 0.15) is 12.7 Å². The number of ether oxygens (including phenoxy) is 2. The molecule has 366 valence electrons. The molecule has 8 heteroatoms. The van der Waals surface area contributed by atoms with Gasteiger partial charge in [-0.1, -0.05) is 91.0 Å². The molecule has 2 saturated heterocycles. The maximum atomic E-state index is 15.7. The Bertz CT molecular complexity index is 2210. The van der Waals surface area contributed by atoms with Gasteiger partial charge >= 0.3 is 11.9 Å². The van der Waals surface area contributed by atoms with Crippen LogP contribution in [0.5, 0.6) is 0 Å². The summed E-state index contributed by atoms with van der Waals surface area (Å²) in [7, 11) is 0. The number of allylic oxidation sites excluding steroid dienone is 1. The second-order valence-electron chi connectivity index (χ2n) is 25.8. The highest BCUT2D eigenvalue weighted by Gasteiger charge is 2.72. The molecular weight excluding hydrogens is 831 g/mol. The van der Waals surface area contributed by atoms with Gasteiger partial charge in [0, 0.05) is 43.0 Å². The highest BCUT2D eigenvalue weighted by molar-refractivity contribution is 5.85. The lowest BCUT2D eigenvalue weighted by molar-refractivity contribution is -0.251. The summed E-state index contributed by atoms with van der Waals surface area (Å²) in [6.45, 7) is 29.3. The lowest BCUT2D eigenvalue weighted by Crippen LogP contribution is -2.67. The average Bonchev–Trinajstić information content (AvgIpc) is 4.13. The standard InChI is InChI=1S/C59H85N3O5/c1-39(2)43-23-28-59(53(65)62-34-16-20-42(62)37-61-33-15-19-41(61)36-60-31-13-14-32-60)30-29-57(8)44(50(43)59)21-22-48-56(7)26-25-49(55(5,6)47(56)24-27-58(48,57)9)67-52(64)46-35-45(54(46,3)4)51(63)66-38-40-17-11-10-12-18-40/h10-12,15,17-19,33,42-50H,1,13-14,16,20-32,34-38H2,2-9H3/t42-,43-,44+,45-,46+,47-,48+,49-,50+,56-,57+,58+,59-/m0/s1. The number of likely N-dealkylation sites (tertiary alicyclic amines) is 2. The molecule has 0 N–H and O–H groups in total. The third-order valence-electron chi connectivity index (χ3n) is 22.3. The monoisotopic (exact) mass is 916 g/mol. The Labute approximate surface area is 403 Å². The van der Waals surface area contributed by atoms with Gasteiger partial charge in [0.25, 0.3) is 0 Å². The largest absolute Gasteiger partial charge is 0.462 e. The van der Waals surface area contributed by atoms with Crippen molar-refractivity contribution in [2.24, 2.45) is 73.9 Å². The number of hydrogen-bond acceptors (Lipinski definition) is 6. The Balaban J connectivity index is 0.834. The Morgan fingerprint density at radius 3 is 2.19 bits per heavy atom. The van der Waals surface area contributed by atoms with E-state index in [9.17, 15) is 9.59 Å². The van der Waals surface area contributed by atoms with Crippen molar-refractivity contribution in [3.05, 3.63) is 72.1 Å². The molecule has 2 aliphatic heterocycles. The second-order valence-corrected chi connectivity index (χ2v) is 25.8. The van der Waals surface area contributed by atoms with Crippen LogP contribution in [0.1, 0.15) is 163 Å². The molecule has 1 aromatic carbocycles. The molecule has 67 heavy (non-hydrogen) atoms. The van der Waals surface area contributed by atoms with Crippen LogP contribution in [0.3, 0.4) is 0 Å². The zero-order valence-corrected chi connectivity index (χ0v) is 42.8. The molecule has 1 amide bonds. The van der Waals surface area contributed by atoms with Gasteiger partial charge in [-0.15, -0.1) is 0 Å². The number of carbonyl (C=O) groups is 3. The predicted molar refractivity (Wildman–Crippen MR) is 264 cm³/mol. The number of hydrogen-bond donors (Lipinski definition) is 0. The first kappa shape index (κ1) is 47.3. The first-order chi connectivity index (χ1) is 31.8. The average molecular weight is 916 g/mol. The van der Waals surface area contributed by atoms with Crippen molar-refractivity contribution in [3.63, 3.8) is 0 Å². The van der Waals surface area contributed by atoms with Crippen LogP contribution in [-0.4, -0.2) is 64.0 Å². The highest BCUT2D eigenvalue weighted by Crippen LogP contribution is 2.78.